The first-order chi connectivity index (χ1) is 17.4. The monoisotopic (exact) mass is 491 g/mol. The molecule has 0 saturated heterocycles. The van der Waals surface area contributed by atoms with Crippen LogP contribution in [0.15, 0.2) is 77.1 Å². The highest BCUT2D eigenvalue weighted by molar-refractivity contribution is 6.10. The molecule has 186 valence electrons. The topological polar surface area (TPSA) is 89.5 Å². The fourth-order valence-corrected chi connectivity index (χ4v) is 4.68. The van der Waals surface area contributed by atoms with E-state index in [4.69, 9.17) is 14.9 Å². The number of primary amides is 1. The fraction of sp³-hybridized carbons (Fsp3) is 0.250. The molecule has 0 spiro atoms. The van der Waals surface area contributed by atoms with Gasteiger partial charge in [-0.1, -0.05) is 12.2 Å². The minimum Gasteiger partial charge on any atom is -0.455 e. The van der Waals surface area contributed by atoms with Crippen molar-refractivity contribution in [3.8, 4) is 11.3 Å². The van der Waals surface area contributed by atoms with E-state index in [1.165, 1.54) is 24.3 Å². The summed E-state index contributed by atoms with van der Waals surface area (Å²) in [6, 6.07) is 9.57. The maximum absolute atomic E-state index is 13.5. The number of rotatable bonds is 5. The van der Waals surface area contributed by atoms with Gasteiger partial charge in [0.05, 0.1) is 23.9 Å². The molecule has 5 rings (SSSR count). The zero-order chi connectivity index (χ0) is 25.2. The summed E-state index contributed by atoms with van der Waals surface area (Å²) in [5.41, 5.74) is 9.06. The number of benzene rings is 2. The van der Waals surface area contributed by atoms with Crippen LogP contribution in [-0.4, -0.2) is 24.7 Å². The molecule has 1 aromatic heterocycles. The lowest BCUT2D eigenvalue weighted by atomic mass is 9.96. The minimum atomic E-state index is -0.624. The molecule has 3 atom stereocenters. The van der Waals surface area contributed by atoms with Crippen molar-refractivity contribution in [2.45, 2.75) is 38.1 Å². The van der Waals surface area contributed by atoms with E-state index in [0.29, 0.717) is 41.7 Å². The van der Waals surface area contributed by atoms with E-state index in [2.05, 4.69) is 22.8 Å². The molecule has 6 nitrogen and oxygen atoms in total. The Morgan fingerprint density at radius 3 is 2.75 bits per heavy atom. The predicted molar refractivity (Wildman–Crippen MR) is 134 cm³/mol. The van der Waals surface area contributed by atoms with Gasteiger partial charge >= 0.3 is 0 Å². The first kappa shape index (κ1) is 24.0. The van der Waals surface area contributed by atoms with Gasteiger partial charge in [-0.15, -0.1) is 0 Å². The van der Waals surface area contributed by atoms with Crippen molar-refractivity contribution in [3.63, 3.8) is 0 Å². The molecule has 1 amide bonds. The molecule has 2 aliphatic heterocycles. The van der Waals surface area contributed by atoms with E-state index in [1.54, 1.807) is 18.3 Å². The number of nitrogens with two attached hydrogens (primary N) is 1. The van der Waals surface area contributed by atoms with Crippen LogP contribution in [0.2, 0.25) is 0 Å². The van der Waals surface area contributed by atoms with E-state index in [9.17, 15) is 13.6 Å². The molecule has 3 aromatic rings. The van der Waals surface area contributed by atoms with Crippen LogP contribution in [0.4, 0.5) is 8.78 Å². The highest BCUT2D eigenvalue weighted by atomic mass is 19.1. The number of ether oxygens (including phenoxy) is 1. The molecule has 36 heavy (non-hydrogen) atoms. The number of halogens is 2. The molecule has 2 aliphatic rings. The molecule has 0 saturated carbocycles. The van der Waals surface area contributed by atoms with E-state index in [-0.39, 0.29) is 35.6 Å². The van der Waals surface area contributed by atoms with Crippen molar-refractivity contribution in [1.29, 1.82) is 0 Å². The predicted octanol–water partition coefficient (Wildman–Crippen LogP) is 5.17. The van der Waals surface area contributed by atoms with Crippen molar-refractivity contribution >= 4 is 16.9 Å². The van der Waals surface area contributed by atoms with Crippen LogP contribution >= 0.6 is 0 Å². The lowest BCUT2D eigenvalue weighted by Crippen LogP contribution is -2.43. The average molecular weight is 492 g/mol. The van der Waals surface area contributed by atoms with E-state index < -0.39 is 5.91 Å². The molecule has 0 bridgehead atoms. The second-order valence-electron chi connectivity index (χ2n) is 8.97. The number of carbonyl (C=O) groups excluding carboxylic acids is 1. The smallest absolute Gasteiger partial charge is 0.253 e. The molecule has 0 aliphatic carbocycles. The zero-order valence-corrected chi connectivity index (χ0v) is 19.8. The number of dihydropyridines is 1. The van der Waals surface area contributed by atoms with Gasteiger partial charge in [-0.05, 0) is 79.4 Å². The number of hydrogen-bond acceptors (Lipinski definition) is 5. The molecular weight excluding hydrogens is 464 g/mol. The summed E-state index contributed by atoms with van der Waals surface area (Å²) in [6.07, 6.45) is 9.18. The average Bonchev–Trinajstić information content (AvgIpc) is 3.25. The second kappa shape index (κ2) is 10.1. The van der Waals surface area contributed by atoms with Crippen molar-refractivity contribution in [1.82, 2.24) is 10.6 Å². The number of furan rings is 1. The summed E-state index contributed by atoms with van der Waals surface area (Å²) in [7, 11) is 0. The lowest BCUT2D eigenvalue weighted by Gasteiger charge is -2.25. The quantitative estimate of drug-likeness (QED) is 0.429. The number of fused-ring (bicyclic) bond motifs is 2. The largest absolute Gasteiger partial charge is 0.455 e. The van der Waals surface area contributed by atoms with Crippen LogP contribution in [0.5, 0.6) is 0 Å². The van der Waals surface area contributed by atoms with Gasteiger partial charge in [0, 0.05) is 23.7 Å². The molecule has 4 N–H and O–H groups in total. The number of hydrogen-bond donors (Lipinski definition) is 3. The normalized spacial score (nSPS) is 22.6. The Morgan fingerprint density at radius 2 is 2.00 bits per heavy atom. The Labute approximate surface area is 207 Å². The zero-order valence-electron chi connectivity index (χ0n) is 19.8. The molecule has 8 heteroatoms. The Morgan fingerprint density at radius 1 is 1.19 bits per heavy atom. The van der Waals surface area contributed by atoms with E-state index in [0.717, 1.165) is 11.1 Å². The van der Waals surface area contributed by atoms with Crippen LogP contribution < -0.4 is 16.4 Å². The minimum absolute atomic E-state index is 0.156. The number of amides is 1. The lowest BCUT2D eigenvalue weighted by molar-refractivity contribution is -0.00187. The molecule has 2 aromatic carbocycles. The molecule has 1 unspecified atom stereocenters. The van der Waals surface area contributed by atoms with E-state index >= 15 is 0 Å². The van der Waals surface area contributed by atoms with Crippen LogP contribution in [-0.2, 0) is 11.2 Å². The van der Waals surface area contributed by atoms with Crippen LogP contribution in [0, 0.1) is 5.82 Å². The van der Waals surface area contributed by atoms with E-state index in [1.807, 2.05) is 19.1 Å². The van der Waals surface area contributed by atoms with Gasteiger partial charge in [0.15, 0.2) is 0 Å². The first-order valence-electron chi connectivity index (χ1n) is 11.9. The van der Waals surface area contributed by atoms with Gasteiger partial charge in [0.1, 0.15) is 23.0 Å². The third-order valence-electron chi connectivity index (χ3n) is 6.45. The summed E-state index contributed by atoms with van der Waals surface area (Å²) in [4.78, 5) is 12.5. The van der Waals surface area contributed by atoms with Crippen LogP contribution in [0.1, 0.15) is 40.9 Å². The standard InChI is InChI=1S/C28H27F2N3O3/c1-16-22-14-23-24(36-27(26(23)28(31)34)17-6-8-19(29)9-7-17)12-18(22)4-2-3-5-21(35-16)15-33-25-13-20(30)10-11-32-25/h2-3,6-14,16,21,25,32-33H,4-5,15H2,1H3,(H2,31,34)/b3-2+/t16-,21-,25?/m0/s1. The van der Waals surface area contributed by atoms with Gasteiger partial charge in [-0.2, -0.15) is 0 Å². The SMILES string of the molecule is C[C@@H]1O[C@H](CNC2C=C(F)C=CN2)C/C=C/Cc2cc3oc(-c4ccc(F)cc4)c(C(N)=O)c3cc21. The van der Waals surface area contributed by atoms with Crippen LogP contribution in [0.25, 0.3) is 22.3 Å². The van der Waals surface area contributed by atoms with Crippen molar-refractivity contribution < 1.29 is 22.7 Å². The first-order valence-corrected chi connectivity index (χ1v) is 11.9. The highest BCUT2D eigenvalue weighted by Gasteiger charge is 2.25. The van der Waals surface area contributed by atoms with Gasteiger partial charge in [-0.25, -0.2) is 8.78 Å². The molecule has 0 radical (unpaired) electrons. The van der Waals surface area contributed by atoms with Crippen molar-refractivity contribution in [2.75, 3.05) is 6.54 Å². The number of carbonyl (C=O) groups is 1. The Balaban J connectivity index is 1.46. The Hall–Kier alpha value is -3.75. The molecule has 3 heterocycles. The number of allylic oxidation sites excluding steroid dienone is 3. The Kier molecular flexibility index (Phi) is 6.71. The van der Waals surface area contributed by atoms with Gasteiger partial charge in [-0.3, -0.25) is 10.1 Å². The van der Waals surface area contributed by atoms with Crippen molar-refractivity contribution in [3.05, 3.63) is 95.2 Å². The summed E-state index contributed by atoms with van der Waals surface area (Å²) < 4.78 is 39.5. The van der Waals surface area contributed by atoms with Gasteiger partial charge in [0.25, 0.3) is 5.91 Å². The van der Waals surface area contributed by atoms with Gasteiger partial charge in [0.2, 0.25) is 0 Å². The third kappa shape index (κ3) is 4.96. The highest BCUT2D eigenvalue weighted by Crippen LogP contribution is 2.37. The fourth-order valence-electron chi connectivity index (χ4n) is 4.68. The summed E-state index contributed by atoms with van der Waals surface area (Å²) >= 11 is 0. The third-order valence-corrected chi connectivity index (χ3v) is 6.45. The van der Waals surface area contributed by atoms with Crippen LogP contribution in [0.3, 0.4) is 0 Å². The van der Waals surface area contributed by atoms with Crippen molar-refractivity contribution in [2.24, 2.45) is 5.73 Å². The maximum atomic E-state index is 13.5. The van der Waals surface area contributed by atoms with Gasteiger partial charge < -0.3 is 20.2 Å². The summed E-state index contributed by atoms with van der Waals surface area (Å²) in [6.45, 7) is 2.48. The molecular formula is C28H27F2N3O3. The number of nitrogens with one attached hydrogen (secondary N) is 2. The summed E-state index contributed by atoms with van der Waals surface area (Å²) in [5, 5.41) is 6.92. The Bertz CT molecular complexity index is 1370. The summed E-state index contributed by atoms with van der Waals surface area (Å²) in [5.74, 6) is -0.986. The maximum Gasteiger partial charge on any atom is 0.253 e. The second-order valence-corrected chi connectivity index (χ2v) is 8.97. The molecule has 0 fully saturated rings.